The van der Waals surface area contributed by atoms with Gasteiger partial charge in [-0.05, 0) is 48.3 Å². The maximum atomic E-state index is 12.7. The first-order chi connectivity index (χ1) is 13.1. The molecule has 1 aliphatic carbocycles. The van der Waals surface area contributed by atoms with Crippen LogP contribution in [0.3, 0.4) is 0 Å². The van der Waals surface area contributed by atoms with Crippen LogP contribution in [0, 0.1) is 16.0 Å². The third-order valence-electron chi connectivity index (χ3n) is 5.20. The molecule has 7 nitrogen and oxygen atoms in total. The number of ether oxygens (including phenoxy) is 1. The van der Waals surface area contributed by atoms with Crippen LogP contribution in [0.5, 0.6) is 5.75 Å². The summed E-state index contributed by atoms with van der Waals surface area (Å²) in [6.45, 7) is 1.18. The number of hydrogen-bond donors (Lipinski definition) is 1. The number of methoxy groups -OCH3 is 1. The molecule has 142 valence electrons. The van der Waals surface area contributed by atoms with Crippen molar-refractivity contribution in [3.8, 4) is 5.75 Å². The van der Waals surface area contributed by atoms with Crippen LogP contribution in [0.25, 0.3) is 0 Å². The smallest absolute Gasteiger partial charge is 0.273 e. The van der Waals surface area contributed by atoms with Crippen molar-refractivity contribution in [1.82, 2.24) is 4.90 Å². The number of hydrogen-bond acceptors (Lipinski definition) is 6. The van der Waals surface area contributed by atoms with Gasteiger partial charge in [0.05, 0.1) is 30.3 Å². The van der Waals surface area contributed by atoms with Crippen molar-refractivity contribution in [2.45, 2.75) is 25.3 Å². The Labute approximate surface area is 161 Å². The summed E-state index contributed by atoms with van der Waals surface area (Å²) in [5, 5.41) is 15.9. The van der Waals surface area contributed by atoms with E-state index in [1.165, 1.54) is 48.6 Å². The molecule has 1 atom stereocenters. The zero-order valence-corrected chi connectivity index (χ0v) is 15.8. The summed E-state index contributed by atoms with van der Waals surface area (Å²) in [6.07, 6.45) is 3.41. The van der Waals surface area contributed by atoms with E-state index in [-0.39, 0.29) is 17.3 Å². The van der Waals surface area contributed by atoms with Gasteiger partial charge >= 0.3 is 0 Å². The second-order valence-electron chi connectivity index (χ2n) is 6.99. The molecule has 0 spiro atoms. The number of carbonyl (C=O) groups excluding carboxylic acids is 1. The minimum Gasteiger partial charge on any atom is -0.494 e. The van der Waals surface area contributed by atoms with Gasteiger partial charge in [0.15, 0.2) is 0 Å². The van der Waals surface area contributed by atoms with Gasteiger partial charge in [0, 0.05) is 23.5 Å². The molecule has 1 N–H and O–H groups in total. The average Bonchev–Trinajstić information content (AvgIpc) is 3.37. The summed E-state index contributed by atoms with van der Waals surface area (Å²) in [5.41, 5.74) is 1.76. The van der Waals surface area contributed by atoms with E-state index in [1.807, 2.05) is 11.3 Å². The lowest BCUT2D eigenvalue weighted by Crippen LogP contribution is -2.41. The number of anilines is 1. The van der Waals surface area contributed by atoms with Crippen LogP contribution < -0.4 is 10.1 Å². The molecule has 4 rings (SSSR count). The van der Waals surface area contributed by atoms with Gasteiger partial charge in [0.1, 0.15) is 5.75 Å². The number of fused-ring (bicyclic) bond motifs is 1. The first-order valence-electron chi connectivity index (χ1n) is 8.99. The predicted molar refractivity (Wildman–Crippen MR) is 103 cm³/mol. The zero-order valence-electron chi connectivity index (χ0n) is 15.0. The molecule has 1 amide bonds. The van der Waals surface area contributed by atoms with E-state index in [2.05, 4.69) is 21.7 Å². The molecular formula is C19H21N3O4S. The lowest BCUT2D eigenvalue weighted by Gasteiger charge is -2.35. The van der Waals surface area contributed by atoms with Crippen molar-refractivity contribution >= 4 is 28.6 Å². The average molecular weight is 387 g/mol. The Morgan fingerprint density at radius 1 is 1.41 bits per heavy atom. The van der Waals surface area contributed by atoms with Crippen molar-refractivity contribution < 1.29 is 14.5 Å². The summed E-state index contributed by atoms with van der Waals surface area (Å²) >= 11 is 1.81. The van der Waals surface area contributed by atoms with Crippen molar-refractivity contribution in [2.75, 3.05) is 25.5 Å². The third kappa shape index (κ3) is 3.68. The molecule has 0 unspecified atom stereocenters. The molecule has 0 bridgehead atoms. The summed E-state index contributed by atoms with van der Waals surface area (Å²) in [6, 6.07) is 6.72. The highest BCUT2D eigenvalue weighted by Gasteiger charge is 2.40. The number of rotatable bonds is 6. The molecular weight excluding hydrogens is 366 g/mol. The number of nitro groups is 1. The summed E-state index contributed by atoms with van der Waals surface area (Å²) < 4.78 is 5.20. The Kier molecular flexibility index (Phi) is 4.84. The van der Waals surface area contributed by atoms with E-state index in [0.717, 1.165) is 13.0 Å². The number of nitrogens with one attached hydrogen (secondary N) is 1. The number of benzene rings is 1. The Bertz CT molecular complexity index is 878. The zero-order chi connectivity index (χ0) is 19.0. The standard InChI is InChI=1S/C19H21N3O4S/c1-26-16-10-13(22(24)25)4-5-15(16)20-18(23)11-21-8-6-17-14(7-9-27-17)19(21)12-2-3-12/h4-5,7,9-10,12,19H,2-3,6,8,11H2,1H3,(H,20,23)/t19-/m0/s1. The van der Waals surface area contributed by atoms with Crippen LogP contribution in [0.15, 0.2) is 29.6 Å². The highest BCUT2D eigenvalue weighted by Crippen LogP contribution is 2.48. The second kappa shape index (κ2) is 7.28. The molecule has 1 aromatic carbocycles. The van der Waals surface area contributed by atoms with Gasteiger partial charge in [-0.2, -0.15) is 0 Å². The first-order valence-corrected chi connectivity index (χ1v) is 9.87. The molecule has 0 radical (unpaired) electrons. The van der Waals surface area contributed by atoms with Crippen molar-refractivity contribution in [3.05, 3.63) is 50.2 Å². The number of nitro benzene ring substituents is 1. The molecule has 2 heterocycles. The van der Waals surface area contributed by atoms with E-state index in [0.29, 0.717) is 24.2 Å². The van der Waals surface area contributed by atoms with Crippen molar-refractivity contribution in [3.63, 3.8) is 0 Å². The van der Waals surface area contributed by atoms with E-state index < -0.39 is 4.92 Å². The molecule has 1 saturated carbocycles. The van der Waals surface area contributed by atoms with Crippen LogP contribution >= 0.6 is 11.3 Å². The van der Waals surface area contributed by atoms with Gasteiger partial charge in [0.2, 0.25) is 5.91 Å². The van der Waals surface area contributed by atoms with Gasteiger partial charge in [-0.1, -0.05) is 0 Å². The Balaban J connectivity index is 1.47. The minimum atomic E-state index is -0.486. The molecule has 1 aliphatic heterocycles. The third-order valence-corrected chi connectivity index (χ3v) is 6.20. The normalized spacial score (nSPS) is 19.4. The molecule has 2 aliphatic rings. The summed E-state index contributed by atoms with van der Waals surface area (Å²) in [4.78, 5) is 26.8. The van der Waals surface area contributed by atoms with Crippen molar-refractivity contribution in [2.24, 2.45) is 5.92 Å². The fourth-order valence-corrected chi connectivity index (χ4v) is 4.72. The van der Waals surface area contributed by atoms with Gasteiger partial charge in [-0.25, -0.2) is 0 Å². The van der Waals surface area contributed by atoms with Gasteiger partial charge in [0.25, 0.3) is 5.69 Å². The monoisotopic (exact) mass is 387 g/mol. The number of carbonyl (C=O) groups is 1. The van der Waals surface area contributed by atoms with E-state index in [4.69, 9.17) is 4.74 Å². The molecule has 27 heavy (non-hydrogen) atoms. The first kappa shape index (κ1) is 17.9. The van der Waals surface area contributed by atoms with Crippen LogP contribution in [-0.4, -0.2) is 35.9 Å². The summed E-state index contributed by atoms with van der Waals surface area (Å²) in [5.74, 6) is 0.793. The van der Waals surface area contributed by atoms with Crippen LogP contribution in [0.2, 0.25) is 0 Å². The van der Waals surface area contributed by atoms with Gasteiger partial charge in [-0.15, -0.1) is 11.3 Å². The Morgan fingerprint density at radius 2 is 2.22 bits per heavy atom. The highest BCUT2D eigenvalue weighted by molar-refractivity contribution is 7.10. The number of non-ortho nitro benzene ring substituents is 1. The lowest BCUT2D eigenvalue weighted by molar-refractivity contribution is -0.384. The minimum absolute atomic E-state index is 0.0698. The molecule has 8 heteroatoms. The fourth-order valence-electron chi connectivity index (χ4n) is 3.81. The van der Waals surface area contributed by atoms with Crippen LogP contribution in [-0.2, 0) is 11.2 Å². The number of nitrogens with zero attached hydrogens (tertiary/aromatic N) is 2. The van der Waals surface area contributed by atoms with Crippen LogP contribution in [0.1, 0.15) is 29.3 Å². The largest absolute Gasteiger partial charge is 0.494 e. The number of thiophene rings is 1. The predicted octanol–water partition coefficient (Wildman–Crippen LogP) is 3.61. The van der Waals surface area contributed by atoms with Gasteiger partial charge in [-0.3, -0.25) is 19.8 Å². The highest BCUT2D eigenvalue weighted by atomic mass is 32.1. The molecule has 0 saturated heterocycles. The lowest BCUT2D eigenvalue weighted by atomic mass is 9.96. The fraction of sp³-hybridized carbons (Fsp3) is 0.421. The van der Waals surface area contributed by atoms with Gasteiger partial charge < -0.3 is 10.1 Å². The Morgan fingerprint density at radius 3 is 2.93 bits per heavy atom. The van der Waals surface area contributed by atoms with Crippen LogP contribution in [0.4, 0.5) is 11.4 Å². The quantitative estimate of drug-likeness (QED) is 0.605. The van der Waals surface area contributed by atoms with E-state index >= 15 is 0 Å². The van der Waals surface area contributed by atoms with Crippen molar-refractivity contribution in [1.29, 1.82) is 0 Å². The molecule has 2 aromatic rings. The maximum Gasteiger partial charge on any atom is 0.273 e. The molecule has 1 aromatic heterocycles. The van der Waals surface area contributed by atoms with E-state index in [9.17, 15) is 14.9 Å². The molecule has 1 fully saturated rings. The SMILES string of the molecule is COc1cc([N+](=O)[O-])ccc1NC(=O)CN1CCc2sccc2[C@@H]1C1CC1. The van der Waals surface area contributed by atoms with E-state index in [1.54, 1.807) is 0 Å². The summed E-state index contributed by atoms with van der Waals surface area (Å²) in [7, 11) is 1.43. The Hall–Kier alpha value is -2.45. The second-order valence-corrected chi connectivity index (χ2v) is 7.99. The number of amides is 1. The maximum absolute atomic E-state index is 12.7. The topological polar surface area (TPSA) is 84.7 Å².